The van der Waals surface area contributed by atoms with Gasteiger partial charge in [-0.05, 0) is 55.0 Å². The summed E-state index contributed by atoms with van der Waals surface area (Å²) in [5.74, 6) is -0.790. The molecule has 7 nitrogen and oxygen atoms in total. The molecule has 0 saturated carbocycles. The average Bonchev–Trinajstić information content (AvgIpc) is 3.35. The monoisotopic (exact) mass is 514 g/mol. The molecule has 0 spiro atoms. The Morgan fingerprint density at radius 3 is 2.62 bits per heavy atom. The summed E-state index contributed by atoms with van der Waals surface area (Å²) in [5, 5.41) is 4.21. The Hall–Kier alpha value is -4.24. The highest BCUT2D eigenvalue weighted by molar-refractivity contribution is 7.99. The van der Waals surface area contributed by atoms with Crippen LogP contribution in [-0.4, -0.2) is 38.5 Å². The molecule has 0 bridgehead atoms. The number of nitrogens with one attached hydrogen (secondary N) is 2. The van der Waals surface area contributed by atoms with Crippen molar-refractivity contribution in [2.75, 3.05) is 12.3 Å². The SMILES string of the molecule is CCCNC(=O)c1ccc2c(=O)n(-c3ccc(F)cc3)c(SCC(=O)c3c[nH]c4ccccc34)nc2c1. The Kier molecular flexibility index (Phi) is 6.87. The maximum absolute atomic E-state index is 13.6. The van der Waals surface area contributed by atoms with Crippen LogP contribution < -0.4 is 10.9 Å². The predicted molar refractivity (Wildman–Crippen MR) is 143 cm³/mol. The van der Waals surface area contributed by atoms with Crippen molar-refractivity contribution in [1.82, 2.24) is 19.9 Å². The lowest BCUT2D eigenvalue weighted by atomic mass is 10.1. The molecule has 0 aliphatic rings. The first-order valence-electron chi connectivity index (χ1n) is 11.8. The van der Waals surface area contributed by atoms with Gasteiger partial charge in [0.05, 0.1) is 22.3 Å². The summed E-state index contributed by atoms with van der Waals surface area (Å²) in [6.07, 6.45) is 2.47. The highest BCUT2D eigenvalue weighted by Gasteiger charge is 2.18. The van der Waals surface area contributed by atoms with Crippen LogP contribution in [0.3, 0.4) is 0 Å². The number of thioether (sulfide) groups is 1. The summed E-state index contributed by atoms with van der Waals surface area (Å²) in [7, 11) is 0. The van der Waals surface area contributed by atoms with Gasteiger partial charge in [0.1, 0.15) is 5.82 Å². The van der Waals surface area contributed by atoms with Crippen molar-refractivity contribution in [3.63, 3.8) is 0 Å². The molecule has 0 saturated heterocycles. The van der Waals surface area contributed by atoms with Crippen LogP contribution in [0.25, 0.3) is 27.5 Å². The van der Waals surface area contributed by atoms with E-state index in [2.05, 4.69) is 15.3 Å². The molecule has 5 aromatic rings. The third kappa shape index (κ3) is 4.90. The van der Waals surface area contributed by atoms with Gasteiger partial charge in [0, 0.05) is 34.8 Å². The molecule has 0 fully saturated rings. The summed E-state index contributed by atoms with van der Waals surface area (Å²) < 4.78 is 15.0. The predicted octanol–water partition coefficient (Wildman–Crippen LogP) is 5.12. The number of carbonyl (C=O) groups excluding carboxylic acids is 2. The Bertz CT molecular complexity index is 1690. The van der Waals surface area contributed by atoms with Gasteiger partial charge >= 0.3 is 0 Å². The third-order valence-corrected chi connectivity index (χ3v) is 6.88. The second-order valence-corrected chi connectivity index (χ2v) is 9.40. The summed E-state index contributed by atoms with van der Waals surface area (Å²) in [4.78, 5) is 46.9. The molecule has 3 aromatic carbocycles. The molecule has 186 valence electrons. The number of carbonyl (C=O) groups is 2. The van der Waals surface area contributed by atoms with Gasteiger partial charge in [-0.3, -0.25) is 19.0 Å². The smallest absolute Gasteiger partial charge is 0.266 e. The van der Waals surface area contributed by atoms with Crippen LogP contribution in [0.2, 0.25) is 0 Å². The number of para-hydroxylation sites is 1. The highest BCUT2D eigenvalue weighted by atomic mass is 32.2. The number of aromatic amines is 1. The second-order valence-electron chi connectivity index (χ2n) is 8.46. The van der Waals surface area contributed by atoms with Crippen molar-refractivity contribution in [2.45, 2.75) is 18.5 Å². The third-order valence-electron chi connectivity index (χ3n) is 5.94. The number of benzene rings is 3. The van der Waals surface area contributed by atoms with Gasteiger partial charge in [-0.25, -0.2) is 9.37 Å². The van der Waals surface area contributed by atoms with E-state index < -0.39 is 5.82 Å². The normalized spacial score (nSPS) is 11.2. The number of ketones is 1. The van der Waals surface area contributed by atoms with E-state index in [1.807, 2.05) is 31.2 Å². The van der Waals surface area contributed by atoms with Crippen LogP contribution in [0.1, 0.15) is 34.1 Å². The Balaban J connectivity index is 1.55. The zero-order valence-electron chi connectivity index (χ0n) is 20.0. The first kappa shape index (κ1) is 24.5. The van der Waals surface area contributed by atoms with Gasteiger partial charge in [-0.15, -0.1) is 0 Å². The van der Waals surface area contributed by atoms with Gasteiger partial charge in [0.15, 0.2) is 10.9 Å². The molecule has 0 atom stereocenters. The standard InChI is InChI=1S/C28H23FN4O3S/c1-2-13-30-26(35)17-7-12-21-24(14-17)32-28(33(27(21)36)19-10-8-18(29)9-11-19)37-16-25(34)22-15-31-23-6-4-3-5-20(22)23/h3-12,14-15,31H,2,13,16H2,1H3,(H,30,35). The fourth-order valence-electron chi connectivity index (χ4n) is 4.07. The minimum Gasteiger partial charge on any atom is -0.360 e. The highest BCUT2D eigenvalue weighted by Crippen LogP contribution is 2.25. The summed E-state index contributed by atoms with van der Waals surface area (Å²) >= 11 is 1.11. The van der Waals surface area contributed by atoms with Gasteiger partial charge in [-0.1, -0.05) is 36.9 Å². The molecule has 9 heteroatoms. The molecule has 37 heavy (non-hydrogen) atoms. The first-order chi connectivity index (χ1) is 18.0. The van der Waals surface area contributed by atoms with E-state index >= 15 is 0 Å². The number of amides is 1. The number of aromatic nitrogens is 3. The maximum Gasteiger partial charge on any atom is 0.266 e. The number of fused-ring (bicyclic) bond motifs is 2. The van der Waals surface area contributed by atoms with Crippen molar-refractivity contribution < 1.29 is 14.0 Å². The quantitative estimate of drug-likeness (QED) is 0.170. The van der Waals surface area contributed by atoms with Crippen LogP contribution >= 0.6 is 11.8 Å². The first-order valence-corrected chi connectivity index (χ1v) is 12.8. The van der Waals surface area contributed by atoms with E-state index in [-0.39, 0.29) is 28.2 Å². The molecule has 0 aliphatic carbocycles. The number of H-pyrrole nitrogens is 1. The van der Waals surface area contributed by atoms with E-state index in [4.69, 9.17) is 0 Å². The maximum atomic E-state index is 13.6. The van der Waals surface area contributed by atoms with Gasteiger partial charge in [0.2, 0.25) is 0 Å². The fraction of sp³-hybridized carbons (Fsp3) is 0.143. The molecule has 2 heterocycles. The van der Waals surface area contributed by atoms with Gasteiger partial charge < -0.3 is 10.3 Å². The summed E-state index contributed by atoms with van der Waals surface area (Å²) in [5.41, 5.74) is 2.19. The van der Waals surface area contributed by atoms with Gasteiger partial charge in [0.25, 0.3) is 11.5 Å². The lowest BCUT2D eigenvalue weighted by molar-refractivity contribution is 0.0953. The minimum absolute atomic E-state index is 0.0255. The van der Waals surface area contributed by atoms with Crippen LogP contribution in [0, 0.1) is 5.82 Å². The van der Waals surface area contributed by atoms with Crippen LogP contribution in [-0.2, 0) is 0 Å². The minimum atomic E-state index is -0.433. The Morgan fingerprint density at radius 2 is 1.84 bits per heavy atom. The van der Waals surface area contributed by atoms with Crippen LogP contribution in [0.15, 0.2) is 82.9 Å². The number of halogens is 1. The molecule has 5 rings (SSSR count). The van der Waals surface area contributed by atoms with Crippen molar-refractivity contribution in [1.29, 1.82) is 0 Å². The molecule has 0 unspecified atom stereocenters. The van der Waals surface area contributed by atoms with E-state index in [0.717, 1.165) is 29.1 Å². The van der Waals surface area contributed by atoms with Crippen molar-refractivity contribution in [2.24, 2.45) is 0 Å². The molecular formula is C28H23FN4O3S. The van der Waals surface area contributed by atoms with Crippen molar-refractivity contribution >= 4 is 45.3 Å². The molecule has 2 aromatic heterocycles. The fourth-order valence-corrected chi connectivity index (χ4v) is 4.97. The molecule has 0 radical (unpaired) electrons. The number of rotatable bonds is 8. The van der Waals surface area contributed by atoms with E-state index in [1.165, 1.54) is 28.8 Å². The van der Waals surface area contributed by atoms with E-state index in [1.54, 1.807) is 24.4 Å². The lowest BCUT2D eigenvalue weighted by Gasteiger charge is -2.13. The van der Waals surface area contributed by atoms with Gasteiger partial charge in [-0.2, -0.15) is 0 Å². The zero-order chi connectivity index (χ0) is 25.9. The molecular weight excluding hydrogens is 491 g/mol. The summed E-state index contributed by atoms with van der Waals surface area (Å²) in [6.45, 7) is 2.49. The van der Waals surface area contributed by atoms with E-state index in [9.17, 15) is 18.8 Å². The second kappa shape index (κ2) is 10.4. The summed E-state index contributed by atoms with van der Waals surface area (Å²) in [6, 6.07) is 17.7. The average molecular weight is 515 g/mol. The van der Waals surface area contributed by atoms with E-state index in [0.29, 0.717) is 34.3 Å². The number of nitrogens with zero attached hydrogens (tertiary/aromatic N) is 2. The Labute approximate surface area is 215 Å². The van der Waals surface area contributed by atoms with Crippen molar-refractivity contribution in [3.05, 3.63) is 100 Å². The number of hydrogen-bond donors (Lipinski definition) is 2. The topological polar surface area (TPSA) is 96.9 Å². The zero-order valence-corrected chi connectivity index (χ0v) is 20.8. The number of hydrogen-bond acceptors (Lipinski definition) is 5. The molecule has 0 aliphatic heterocycles. The van der Waals surface area contributed by atoms with Crippen LogP contribution in [0.4, 0.5) is 4.39 Å². The lowest BCUT2D eigenvalue weighted by Crippen LogP contribution is -2.25. The van der Waals surface area contributed by atoms with Crippen LogP contribution in [0.5, 0.6) is 0 Å². The molecule has 2 N–H and O–H groups in total. The van der Waals surface area contributed by atoms with Crippen molar-refractivity contribution in [3.8, 4) is 5.69 Å². The largest absolute Gasteiger partial charge is 0.360 e. The number of Topliss-reactive ketones (excluding diaryl/α,β-unsaturated/α-hetero) is 1. The Morgan fingerprint density at radius 1 is 1.05 bits per heavy atom. The molecule has 1 amide bonds.